The van der Waals surface area contributed by atoms with Crippen LogP contribution >= 0.6 is 23.2 Å². The van der Waals surface area contributed by atoms with Crippen LogP contribution in [0, 0.1) is 0 Å². The van der Waals surface area contributed by atoms with E-state index in [1.165, 1.54) is 16.3 Å². The van der Waals surface area contributed by atoms with Crippen LogP contribution in [0.3, 0.4) is 0 Å². The lowest BCUT2D eigenvalue weighted by atomic mass is 10.0. The van der Waals surface area contributed by atoms with Crippen molar-refractivity contribution in [2.45, 2.75) is 65.1 Å². The van der Waals surface area contributed by atoms with Gasteiger partial charge in [0, 0.05) is 46.7 Å². The third-order valence-corrected chi connectivity index (χ3v) is 7.67. The van der Waals surface area contributed by atoms with Crippen LogP contribution in [0.25, 0.3) is 0 Å². The number of sulfonamides is 1. The number of hydrogen-bond acceptors (Lipinski definition) is 5. The van der Waals surface area contributed by atoms with Gasteiger partial charge in [0.05, 0.1) is 19.1 Å². The highest BCUT2D eigenvalue weighted by atomic mass is 35.5. The molecule has 0 fully saturated rings. The summed E-state index contributed by atoms with van der Waals surface area (Å²) >= 11 is 12.8. The highest BCUT2D eigenvalue weighted by molar-refractivity contribution is 7.92. The Bertz CT molecular complexity index is 1210. The van der Waals surface area contributed by atoms with Crippen molar-refractivity contribution >= 4 is 50.7 Å². The molecule has 38 heavy (non-hydrogen) atoms. The fourth-order valence-corrected chi connectivity index (χ4v) is 5.47. The number of halogens is 2. The summed E-state index contributed by atoms with van der Waals surface area (Å²) in [6, 6.07) is 11.0. The molecule has 0 aliphatic carbocycles. The van der Waals surface area contributed by atoms with Gasteiger partial charge in [-0.25, -0.2) is 8.42 Å². The summed E-state index contributed by atoms with van der Waals surface area (Å²) in [5, 5.41) is 3.73. The summed E-state index contributed by atoms with van der Waals surface area (Å²) in [7, 11) is -2.12. The molecule has 1 atom stereocenters. The minimum atomic E-state index is -3.62. The molecular formula is C27H37Cl2N3O5S. The number of amides is 2. The zero-order valence-electron chi connectivity index (χ0n) is 22.8. The fourth-order valence-electron chi connectivity index (χ4n) is 4.00. The van der Waals surface area contributed by atoms with Crippen molar-refractivity contribution in [2.75, 3.05) is 24.2 Å². The summed E-state index contributed by atoms with van der Waals surface area (Å²) in [6.45, 7) is 7.55. The quantitative estimate of drug-likeness (QED) is 0.366. The maximum absolute atomic E-state index is 13.6. The standard InChI is InChI=1S/C27H37Cl2N3O5S/c1-7-24(26(34)30-27(2,3)4)31(18-21-22(28)13-9-14-23(21)29)25(33)15-10-16-32(38(6,35)36)19-11-8-12-20(17-19)37-5/h8-9,11-14,17,24H,7,10,15-16,18H2,1-6H3,(H,30,34)/t24-/m1/s1. The van der Waals surface area contributed by atoms with Gasteiger partial charge in [0.25, 0.3) is 0 Å². The Labute approximate surface area is 236 Å². The summed E-state index contributed by atoms with van der Waals surface area (Å²) in [5.74, 6) is -0.0765. The predicted octanol–water partition coefficient (Wildman–Crippen LogP) is 5.27. The van der Waals surface area contributed by atoms with Gasteiger partial charge < -0.3 is 15.0 Å². The minimum Gasteiger partial charge on any atom is -0.497 e. The number of carbonyl (C=O) groups excluding carboxylic acids is 2. The second-order valence-corrected chi connectivity index (χ2v) is 12.7. The highest BCUT2D eigenvalue weighted by Gasteiger charge is 2.31. The smallest absolute Gasteiger partial charge is 0.243 e. The number of nitrogens with one attached hydrogen (secondary N) is 1. The molecule has 1 N–H and O–H groups in total. The van der Waals surface area contributed by atoms with Gasteiger partial charge in [0.15, 0.2) is 0 Å². The van der Waals surface area contributed by atoms with E-state index in [1.807, 2.05) is 27.7 Å². The Morgan fingerprint density at radius 3 is 2.21 bits per heavy atom. The van der Waals surface area contributed by atoms with Gasteiger partial charge in [0.2, 0.25) is 21.8 Å². The largest absolute Gasteiger partial charge is 0.497 e. The van der Waals surface area contributed by atoms with Crippen LogP contribution < -0.4 is 14.4 Å². The van der Waals surface area contributed by atoms with Gasteiger partial charge in [-0.05, 0) is 57.9 Å². The number of nitrogens with zero attached hydrogens (tertiary/aromatic N) is 2. The zero-order chi connectivity index (χ0) is 28.7. The molecule has 0 heterocycles. The number of methoxy groups -OCH3 is 1. The van der Waals surface area contributed by atoms with Crippen molar-refractivity contribution in [3.63, 3.8) is 0 Å². The molecule has 8 nitrogen and oxygen atoms in total. The average Bonchev–Trinajstić information content (AvgIpc) is 2.81. The van der Waals surface area contributed by atoms with Crippen molar-refractivity contribution in [3.05, 3.63) is 58.1 Å². The molecule has 0 radical (unpaired) electrons. The molecule has 0 aliphatic rings. The first-order valence-electron chi connectivity index (χ1n) is 12.3. The van der Waals surface area contributed by atoms with Crippen LogP contribution in [-0.4, -0.2) is 56.6 Å². The van der Waals surface area contributed by atoms with Crippen molar-refractivity contribution in [1.29, 1.82) is 0 Å². The maximum atomic E-state index is 13.6. The molecule has 0 unspecified atom stereocenters. The monoisotopic (exact) mass is 585 g/mol. The normalized spacial score (nSPS) is 12.5. The summed E-state index contributed by atoms with van der Waals surface area (Å²) in [4.78, 5) is 28.2. The molecule has 2 aromatic carbocycles. The van der Waals surface area contributed by atoms with E-state index in [0.717, 1.165) is 6.26 Å². The lowest BCUT2D eigenvalue weighted by Gasteiger charge is -2.33. The minimum absolute atomic E-state index is 0.0113. The Morgan fingerprint density at radius 1 is 1.08 bits per heavy atom. The Hall–Kier alpha value is -2.49. The topological polar surface area (TPSA) is 96.0 Å². The third-order valence-electron chi connectivity index (χ3n) is 5.77. The lowest BCUT2D eigenvalue weighted by molar-refractivity contribution is -0.142. The van der Waals surface area contributed by atoms with E-state index in [2.05, 4.69) is 5.32 Å². The van der Waals surface area contributed by atoms with Gasteiger partial charge in [-0.15, -0.1) is 0 Å². The van der Waals surface area contributed by atoms with E-state index in [4.69, 9.17) is 27.9 Å². The maximum Gasteiger partial charge on any atom is 0.243 e. The molecule has 0 spiro atoms. The molecule has 2 amide bonds. The molecule has 0 saturated heterocycles. The van der Waals surface area contributed by atoms with Crippen LogP contribution in [0.4, 0.5) is 5.69 Å². The molecule has 2 rings (SSSR count). The fraction of sp³-hybridized carbons (Fsp3) is 0.481. The number of benzene rings is 2. The molecule has 0 saturated carbocycles. The van der Waals surface area contributed by atoms with Gasteiger partial charge in [-0.3, -0.25) is 13.9 Å². The van der Waals surface area contributed by atoms with E-state index in [1.54, 1.807) is 42.5 Å². The van der Waals surface area contributed by atoms with Crippen molar-refractivity contribution < 1.29 is 22.7 Å². The second kappa shape index (κ2) is 13.5. The molecular weight excluding hydrogens is 549 g/mol. The number of hydrogen-bond donors (Lipinski definition) is 1. The molecule has 2 aromatic rings. The molecule has 11 heteroatoms. The van der Waals surface area contributed by atoms with Crippen LogP contribution in [0.5, 0.6) is 5.75 Å². The number of carbonyl (C=O) groups is 2. The average molecular weight is 587 g/mol. The predicted molar refractivity (Wildman–Crippen MR) is 153 cm³/mol. The summed E-state index contributed by atoms with van der Waals surface area (Å²) in [6.07, 6.45) is 1.73. The van der Waals surface area contributed by atoms with Crippen molar-refractivity contribution in [3.8, 4) is 5.75 Å². The van der Waals surface area contributed by atoms with Crippen molar-refractivity contribution in [1.82, 2.24) is 10.2 Å². The Balaban J connectivity index is 2.31. The lowest BCUT2D eigenvalue weighted by Crippen LogP contribution is -2.53. The molecule has 210 valence electrons. The molecule has 0 aromatic heterocycles. The van der Waals surface area contributed by atoms with E-state index in [9.17, 15) is 18.0 Å². The second-order valence-electron chi connectivity index (χ2n) is 10.0. The van der Waals surface area contributed by atoms with Gasteiger partial charge in [0.1, 0.15) is 11.8 Å². The summed E-state index contributed by atoms with van der Waals surface area (Å²) < 4.78 is 31.5. The molecule has 0 bridgehead atoms. The first-order chi connectivity index (χ1) is 17.7. The first-order valence-corrected chi connectivity index (χ1v) is 14.9. The molecule has 0 aliphatic heterocycles. The van der Waals surface area contributed by atoms with Crippen LogP contribution in [0.15, 0.2) is 42.5 Å². The SMILES string of the molecule is CC[C@H](C(=O)NC(C)(C)C)N(Cc1c(Cl)cccc1Cl)C(=O)CCCN(c1cccc(OC)c1)S(C)(=O)=O. The zero-order valence-corrected chi connectivity index (χ0v) is 25.1. The van der Waals surface area contributed by atoms with E-state index < -0.39 is 21.6 Å². The third kappa shape index (κ3) is 9.06. The van der Waals surface area contributed by atoms with E-state index >= 15 is 0 Å². The van der Waals surface area contributed by atoms with Gasteiger partial charge in [-0.2, -0.15) is 0 Å². The number of anilines is 1. The number of ether oxygens (including phenoxy) is 1. The number of rotatable bonds is 12. The van der Waals surface area contributed by atoms with Crippen LogP contribution in [-0.2, 0) is 26.2 Å². The highest BCUT2D eigenvalue weighted by Crippen LogP contribution is 2.28. The van der Waals surface area contributed by atoms with Gasteiger partial charge >= 0.3 is 0 Å². The van der Waals surface area contributed by atoms with E-state index in [-0.39, 0.29) is 37.7 Å². The van der Waals surface area contributed by atoms with Crippen LogP contribution in [0.2, 0.25) is 10.0 Å². The summed E-state index contributed by atoms with van der Waals surface area (Å²) in [5.41, 5.74) is 0.490. The Kier molecular flexibility index (Phi) is 11.3. The van der Waals surface area contributed by atoms with Crippen molar-refractivity contribution in [2.24, 2.45) is 0 Å². The van der Waals surface area contributed by atoms with Crippen LogP contribution in [0.1, 0.15) is 52.5 Å². The van der Waals surface area contributed by atoms with E-state index in [0.29, 0.717) is 33.5 Å². The first kappa shape index (κ1) is 31.7. The Morgan fingerprint density at radius 2 is 1.68 bits per heavy atom. The van der Waals surface area contributed by atoms with Gasteiger partial charge in [-0.1, -0.05) is 42.3 Å².